The van der Waals surface area contributed by atoms with Crippen LogP contribution in [0.25, 0.3) is 0 Å². The van der Waals surface area contributed by atoms with Gasteiger partial charge in [-0.25, -0.2) is 0 Å². The molecule has 0 radical (unpaired) electrons. The van der Waals surface area contributed by atoms with Gasteiger partial charge < -0.3 is 10.4 Å². The third-order valence-corrected chi connectivity index (χ3v) is 2.80. The van der Waals surface area contributed by atoms with Gasteiger partial charge in [0.25, 0.3) is 5.91 Å². The molecule has 7 heteroatoms. The molecule has 0 aromatic carbocycles. The van der Waals surface area contributed by atoms with Crippen LogP contribution in [0.5, 0.6) is 0 Å². The Hall–Kier alpha value is -1.69. The van der Waals surface area contributed by atoms with Crippen molar-refractivity contribution in [1.29, 1.82) is 0 Å². The van der Waals surface area contributed by atoms with Crippen LogP contribution in [-0.4, -0.2) is 33.2 Å². The Labute approximate surface area is 116 Å². The van der Waals surface area contributed by atoms with Crippen LogP contribution in [0.2, 0.25) is 5.15 Å². The molecule has 2 N–H and O–H groups in total. The summed E-state index contributed by atoms with van der Waals surface area (Å²) in [7, 11) is 0. The summed E-state index contributed by atoms with van der Waals surface area (Å²) >= 11 is 5.58. The topological polar surface area (TPSA) is 92.2 Å². The molecule has 6 nitrogen and oxygen atoms in total. The highest BCUT2D eigenvalue weighted by Gasteiger charge is 2.29. The van der Waals surface area contributed by atoms with E-state index in [1.165, 1.54) is 12.1 Å². The van der Waals surface area contributed by atoms with Crippen LogP contribution in [0.1, 0.15) is 37.7 Å². The van der Waals surface area contributed by atoms with E-state index >= 15 is 0 Å². The molecule has 1 unspecified atom stereocenters. The van der Waals surface area contributed by atoms with E-state index in [0.29, 0.717) is 0 Å². The number of hydrogen-bond acceptors (Lipinski definition) is 4. The largest absolute Gasteiger partial charge is 0.481 e. The molecule has 0 aliphatic rings. The monoisotopic (exact) mass is 285 g/mol. The molecule has 0 saturated heterocycles. The molecule has 1 rings (SSSR count). The van der Waals surface area contributed by atoms with Gasteiger partial charge in [0, 0.05) is 6.04 Å². The lowest BCUT2D eigenvalue weighted by Crippen LogP contribution is -2.45. The van der Waals surface area contributed by atoms with Crippen molar-refractivity contribution in [3.63, 3.8) is 0 Å². The average molecular weight is 286 g/mol. The Morgan fingerprint density at radius 3 is 2.42 bits per heavy atom. The predicted molar refractivity (Wildman–Crippen MR) is 70.0 cm³/mol. The molecule has 0 bridgehead atoms. The third-order valence-electron chi connectivity index (χ3n) is 2.59. The van der Waals surface area contributed by atoms with Crippen LogP contribution in [0.4, 0.5) is 0 Å². The molecule has 1 aromatic rings. The summed E-state index contributed by atoms with van der Waals surface area (Å²) in [4.78, 5) is 22.8. The number of carboxylic acid groups (broad SMARTS) is 1. The lowest BCUT2D eigenvalue weighted by Gasteiger charge is -2.30. The zero-order valence-electron chi connectivity index (χ0n) is 11.0. The Bertz CT molecular complexity index is 468. The van der Waals surface area contributed by atoms with Gasteiger partial charge in [-0.1, -0.05) is 32.4 Å². The van der Waals surface area contributed by atoms with Crippen LogP contribution in [0.15, 0.2) is 12.1 Å². The van der Waals surface area contributed by atoms with Crippen molar-refractivity contribution in [1.82, 2.24) is 15.5 Å². The maximum Gasteiger partial charge on any atom is 0.305 e. The first kappa shape index (κ1) is 15.4. The normalized spacial score (nSPS) is 12.8. The fraction of sp³-hybridized carbons (Fsp3) is 0.500. The zero-order valence-corrected chi connectivity index (χ0v) is 11.7. The third kappa shape index (κ3) is 4.82. The van der Waals surface area contributed by atoms with Crippen LogP contribution >= 0.6 is 11.6 Å². The molecule has 1 amide bonds. The first-order chi connectivity index (χ1) is 8.70. The van der Waals surface area contributed by atoms with Crippen molar-refractivity contribution in [3.05, 3.63) is 23.0 Å². The van der Waals surface area contributed by atoms with Gasteiger partial charge in [0.05, 0.1) is 6.42 Å². The zero-order chi connectivity index (χ0) is 14.6. The fourth-order valence-corrected chi connectivity index (χ4v) is 1.52. The second-order valence-electron chi connectivity index (χ2n) is 5.23. The minimum absolute atomic E-state index is 0.101. The summed E-state index contributed by atoms with van der Waals surface area (Å²) < 4.78 is 0. The molecular weight excluding hydrogens is 270 g/mol. The van der Waals surface area contributed by atoms with Crippen LogP contribution in [0, 0.1) is 5.41 Å². The Kier molecular flexibility index (Phi) is 4.83. The standard InChI is InChI=1S/C12H16ClN3O3/c1-12(2,3)8(6-10(17)18)14-11(19)7-4-5-9(13)16-15-7/h4-5,8H,6H2,1-3H3,(H,14,19)(H,17,18). The summed E-state index contributed by atoms with van der Waals surface area (Å²) in [5.41, 5.74) is -0.280. The Morgan fingerprint density at radius 1 is 1.37 bits per heavy atom. The quantitative estimate of drug-likeness (QED) is 0.879. The molecule has 1 heterocycles. The summed E-state index contributed by atoms with van der Waals surface area (Å²) in [6.07, 6.45) is -0.156. The van der Waals surface area contributed by atoms with E-state index in [2.05, 4.69) is 15.5 Å². The Morgan fingerprint density at radius 2 is 2.00 bits per heavy atom. The number of hydrogen-bond donors (Lipinski definition) is 2. The number of nitrogens with zero attached hydrogens (tertiary/aromatic N) is 2. The predicted octanol–water partition coefficient (Wildman–Crippen LogP) is 1.75. The molecule has 0 fully saturated rings. The average Bonchev–Trinajstić information content (AvgIpc) is 2.27. The second-order valence-corrected chi connectivity index (χ2v) is 5.62. The highest BCUT2D eigenvalue weighted by atomic mass is 35.5. The minimum atomic E-state index is -0.970. The molecular formula is C12H16ClN3O3. The van der Waals surface area contributed by atoms with E-state index in [4.69, 9.17) is 16.7 Å². The van der Waals surface area contributed by atoms with Crippen molar-refractivity contribution in [2.45, 2.75) is 33.2 Å². The molecule has 0 saturated carbocycles. The van der Waals surface area contributed by atoms with Crippen molar-refractivity contribution >= 4 is 23.5 Å². The van der Waals surface area contributed by atoms with Gasteiger partial charge in [-0.2, -0.15) is 0 Å². The number of aromatic nitrogens is 2. The highest BCUT2D eigenvalue weighted by molar-refractivity contribution is 6.29. The molecule has 0 aliphatic carbocycles. The molecule has 104 valence electrons. The molecule has 0 spiro atoms. The van der Waals surface area contributed by atoms with E-state index in [1.54, 1.807) is 0 Å². The minimum Gasteiger partial charge on any atom is -0.481 e. The lowest BCUT2D eigenvalue weighted by molar-refractivity contribution is -0.138. The second kappa shape index (κ2) is 5.97. The molecule has 1 atom stereocenters. The number of aliphatic carboxylic acids is 1. The van der Waals surface area contributed by atoms with Gasteiger partial charge in [0.1, 0.15) is 0 Å². The maximum absolute atomic E-state index is 11.9. The molecule has 1 aromatic heterocycles. The number of carboxylic acids is 1. The van der Waals surface area contributed by atoms with Crippen molar-refractivity contribution in [2.75, 3.05) is 0 Å². The van der Waals surface area contributed by atoms with Crippen molar-refractivity contribution in [3.8, 4) is 0 Å². The number of carbonyl (C=O) groups is 2. The Balaban J connectivity index is 2.81. The number of rotatable bonds is 4. The van der Waals surface area contributed by atoms with E-state index in [9.17, 15) is 9.59 Å². The molecule has 0 aliphatic heterocycles. The van der Waals surface area contributed by atoms with E-state index in [1.807, 2.05) is 20.8 Å². The van der Waals surface area contributed by atoms with E-state index in [-0.39, 0.29) is 22.7 Å². The first-order valence-corrected chi connectivity index (χ1v) is 6.10. The summed E-state index contributed by atoms with van der Waals surface area (Å²) in [6, 6.07) is 2.38. The SMILES string of the molecule is CC(C)(C)C(CC(=O)O)NC(=O)c1ccc(Cl)nn1. The smallest absolute Gasteiger partial charge is 0.305 e. The summed E-state index contributed by atoms with van der Waals surface area (Å²) in [6.45, 7) is 5.57. The first-order valence-electron chi connectivity index (χ1n) is 5.72. The summed E-state index contributed by atoms with van der Waals surface area (Å²) in [5, 5.41) is 18.9. The maximum atomic E-state index is 11.9. The van der Waals surface area contributed by atoms with Gasteiger partial charge in [0.15, 0.2) is 10.8 Å². The van der Waals surface area contributed by atoms with E-state index < -0.39 is 17.9 Å². The van der Waals surface area contributed by atoms with Crippen LogP contribution in [-0.2, 0) is 4.79 Å². The molecule has 19 heavy (non-hydrogen) atoms. The number of carbonyl (C=O) groups excluding carboxylic acids is 1. The fourth-order valence-electron chi connectivity index (χ4n) is 1.42. The number of halogens is 1. The lowest BCUT2D eigenvalue weighted by atomic mass is 9.84. The van der Waals surface area contributed by atoms with Gasteiger partial charge in [-0.15, -0.1) is 10.2 Å². The number of nitrogens with one attached hydrogen (secondary N) is 1. The van der Waals surface area contributed by atoms with E-state index in [0.717, 1.165) is 0 Å². The van der Waals surface area contributed by atoms with Crippen molar-refractivity contribution in [2.24, 2.45) is 5.41 Å². The van der Waals surface area contributed by atoms with Crippen molar-refractivity contribution < 1.29 is 14.7 Å². The highest BCUT2D eigenvalue weighted by Crippen LogP contribution is 2.22. The number of amides is 1. The summed E-state index contributed by atoms with van der Waals surface area (Å²) in [5.74, 6) is -1.44. The van der Waals surface area contributed by atoms with Gasteiger partial charge >= 0.3 is 5.97 Å². The van der Waals surface area contributed by atoms with Crippen LogP contribution in [0.3, 0.4) is 0 Å². The van der Waals surface area contributed by atoms with Crippen LogP contribution < -0.4 is 5.32 Å². The van der Waals surface area contributed by atoms with Gasteiger partial charge in [-0.3, -0.25) is 9.59 Å². The van der Waals surface area contributed by atoms with Gasteiger partial charge in [-0.05, 0) is 17.5 Å². The van der Waals surface area contributed by atoms with Gasteiger partial charge in [0.2, 0.25) is 0 Å².